The smallest absolute Gasteiger partial charge is 0.322 e. The van der Waals surface area contributed by atoms with Gasteiger partial charge in [0.25, 0.3) is 11.8 Å². The van der Waals surface area contributed by atoms with Gasteiger partial charge in [0.2, 0.25) is 10.0 Å². The van der Waals surface area contributed by atoms with Crippen LogP contribution in [0.25, 0.3) is 11.6 Å². The second-order valence-corrected chi connectivity index (χ2v) is 10.5. The number of carbonyl (C=O) groups is 1. The van der Waals surface area contributed by atoms with Crippen molar-refractivity contribution >= 4 is 21.9 Å². The van der Waals surface area contributed by atoms with Crippen LogP contribution in [0.2, 0.25) is 0 Å². The Hall–Kier alpha value is -3.05. The number of hydrogen-bond donors (Lipinski definition) is 1. The van der Waals surface area contributed by atoms with Crippen molar-refractivity contribution in [3.8, 4) is 11.6 Å². The van der Waals surface area contributed by atoms with Crippen molar-refractivity contribution < 1.29 is 17.6 Å². The Morgan fingerprint density at radius 3 is 2.50 bits per heavy atom. The predicted octanol–water partition coefficient (Wildman–Crippen LogP) is 4.11. The number of anilines is 1. The molecular formula is C23H30N6O4S. The van der Waals surface area contributed by atoms with E-state index in [0.29, 0.717) is 12.2 Å². The Balaban J connectivity index is 1.46. The standard InChI is InChI=1S/C23H30N6O4S/c1-4-28(18-8-6-5-7-9-18)34(31,32)19-12-10-17(11-13-19)21(30)25-23-27-26-22(33-23)20-14-15-24-29(20)16(2)3/h10-16,18H,4-9H2,1-3H3,(H,25,27,30). The van der Waals surface area contributed by atoms with Gasteiger partial charge in [-0.1, -0.05) is 31.3 Å². The molecule has 1 amide bonds. The van der Waals surface area contributed by atoms with E-state index in [0.717, 1.165) is 32.1 Å². The van der Waals surface area contributed by atoms with Crippen LogP contribution in [0.15, 0.2) is 45.8 Å². The molecular weight excluding hydrogens is 456 g/mol. The molecule has 0 spiro atoms. The number of carbonyl (C=O) groups excluding carboxylic acids is 1. The molecule has 0 bridgehead atoms. The maximum Gasteiger partial charge on any atom is 0.322 e. The zero-order valence-corrected chi connectivity index (χ0v) is 20.5. The van der Waals surface area contributed by atoms with Gasteiger partial charge in [-0.15, -0.1) is 5.10 Å². The summed E-state index contributed by atoms with van der Waals surface area (Å²) in [5.41, 5.74) is 0.933. The minimum atomic E-state index is -3.63. The number of rotatable bonds is 8. The van der Waals surface area contributed by atoms with Gasteiger partial charge >= 0.3 is 6.01 Å². The first-order chi connectivity index (χ1) is 16.3. The zero-order valence-electron chi connectivity index (χ0n) is 19.6. The van der Waals surface area contributed by atoms with Gasteiger partial charge in [-0.3, -0.25) is 14.8 Å². The molecule has 1 aliphatic rings. The maximum absolute atomic E-state index is 13.2. The highest BCUT2D eigenvalue weighted by molar-refractivity contribution is 7.89. The van der Waals surface area contributed by atoms with Crippen molar-refractivity contribution in [1.82, 2.24) is 24.3 Å². The quantitative estimate of drug-likeness (QED) is 0.508. The van der Waals surface area contributed by atoms with Gasteiger partial charge < -0.3 is 4.42 Å². The molecule has 0 atom stereocenters. The van der Waals surface area contributed by atoms with Gasteiger partial charge in [-0.25, -0.2) is 8.42 Å². The molecule has 1 aliphatic carbocycles. The summed E-state index contributed by atoms with van der Waals surface area (Å²) in [6.07, 6.45) is 6.66. The molecule has 1 fully saturated rings. The highest BCUT2D eigenvalue weighted by Crippen LogP contribution is 2.28. The Morgan fingerprint density at radius 1 is 1.15 bits per heavy atom. The lowest BCUT2D eigenvalue weighted by Gasteiger charge is -2.32. The number of nitrogens with zero attached hydrogens (tertiary/aromatic N) is 5. The normalized spacial score (nSPS) is 15.2. The molecule has 0 radical (unpaired) electrons. The highest BCUT2D eigenvalue weighted by Gasteiger charge is 2.31. The van der Waals surface area contributed by atoms with Crippen molar-refractivity contribution in [2.45, 2.75) is 69.9 Å². The van der Waals surface area contributed by atoms with Gasteiger partial charge in [0, 0.05) is 30.4 Å². The Bertz CT molecular complexity index is 1230. The third-order valence-electron chi connectivity index (χ3n) is 6.04. The first kappa shape index (κ1) is 24.1. The lowest BCUT2D eigenvalue weighted by Crippen LogP contribution is -2.41. The fourth-order valence-corrected chi connectivity index (χ4v) is 6.04. The number of sulfonamides is 1. The SMILES string of the molecule is CCN(C1CCCCC1)S(=O)(=O)c1ccc(C(=O)Nc2nnc(-c3ccnn3C(C)C)o2)cc1. The van der Waals surface area contributed by atoms with Crippen molar-refractivity contribution in [2.24, 2.45) is 0 Å². The van der Waals surface area contributed by atoms with E-state index in [-0.39, 0.29) is 34.4 Å². The fourth-order valence-electron chi connectivity index (χ4n) is 4.35. The first-order valence-corrected chi connectivity index (χ1v) is 13.1. The fraction of sp³-hybridized carbons (Fsp3) is 0.478. The number of nitrogens with one attached hydrogen (secondary N) is 1. The largest absolute Gasteiger partial charge is 0.401 e. The van der Waals surface area contributed by atoms with Crippen LogP contribution in [0.4, 0.5) is 6.01 Å². The summed E-state index contributed by atoms with van der Waals surface area (Å²) >= 11 is 0. The van der Waals surface area contributed by atoms with E-state index in [1.807, 2.05) is 20.8 Å². The molecule has 10 nitrogen and oxygen atoms in total. The van der Waals surface area contributed by atoms with Crippen LogP contribution >= 0.6 is 0 Å². The van der Waals surface area contributed by atoms with Crippen LogP contribution in [0.1, 0.15) is 69.3 Å². The molecule has 182 valence electrons. The minimum Gasteiger partial charge on any atom is -0.401 e. The molecule has 1 aromatic carbocycles. The molecule has 0 saturated heterocycles. The Kier molecular flexibility index (Phi) is 7.13. The number of amides is 1. The summed E-state index contributed by atoms with van der Waals surface area (Å²) in [6.45, 7) is 6.24. The average molecular weight is 487 g/mol. The van der Waals surface area contributed by atoms with Crippen LogP contribution in [0.3, 0.4) is 0 Å². The summed E-state index contributed by atoms with van der Waals surface area (Å²) in [7, 11) is -3.63. The number of benzene rings is 1. The van der Waals surface area contributed by atoms with Crippen molar-refractivity contribution in [3.05, 3.63) is 42.1 Å². The van der Waals surface area contributed by atoms with Gasteiger partial charge in [0.1, 0.15) is 5.69 Å². The third kappa shape index (κ3) is 4.90. The molecule has 2 heterocycles. The molecule has 0 unspecified atom stereocenters. The summed E-state index contributed by atoms with van der Waals surface area (Å²) in [5, 5.41) is 14.7. The van der Waals surface area contributed by atoms with Crippen LogP contribution in [-0.2, 0) is 10.0 Å². The maximum atomic E-state index is 13.2. The second kappa shape index (κ2) is 10.1. The predicted molar refractivity (Wildman–Crippen MR) is 127 cm³/mol. The molecule has 3 aromatic rings. The minimum absolute atomic E-state index is 0.0328. The topological polar surface area (TPSA) is 123 Å². The highest BCUT2D eigenvalue weighted by atomic mass is 32.2. The third-order valence-corrected chi connectivity index (χ3v) is 8.08. The van der Waals surface area contributed by atoms with Crippen molar-refractivity contribution in [2.75, 3.05) is 11.9 Å². The van der Waals surface area contributed by atoms with Crippen LogP contribution in [0.5, 0.6) is 0 Å². The van der Waals surface area contributed by atoms with E-state index in [1.54, 1.807) is 21.3 Å². The summed E-state index contributed by atoms with van der Waals surface area (Å²) in [6, 6.07) is 7.75. The Morgan fingerprint density at radius 2 is 1.85 bits per heavy atom. The molecule has 2 aromatic heterocycles. The molecule has 1 N–H and O–H groups in total. The van der Waals surface area contributed by atoms with Gasteiger partial charge in [-0.2, -0.15) is 9.40 Å². The summed E-state index contributed by atoms with van der Waals surface area (Å²) in [5.74, 6) is -0.235. The monoisotopic (exact) mass is 486 g/mol. The molecule has 1 saturated carbocycles. The number of aromatic nitrogens is 4. The molecule has 4 rings (SSSR count). The van der Waals surface area contributed by atoms with Crippen LogP contribution in [-0.4, -0.2) is 51.2 Å². The van der Waals surface area contributed by atoms with Crippen LogP contribution in [0, 0.1) is 0 Å². The zero-order chi connectivity index (χ0) is 24.3. The average Bonchev–Trinajstić information content (AvgIpc) is 3.50. The summed E-state index contributed by atoms with van der Waals surface area (Å²) < 4.78 is 35.3. The molecule has 11 heteroatoms. The lowest BCUT2D eigenvalue weighted by molar-refractivity contribution is 0.102. The first-order valence-electron chi connectivity index (χ1n) is 11.6. The molecule has 34 heavy (non-hydrogen) atoms. The van der Waals surface area contributed by atoms with Crippen molar-refractivity contribution in [3.63, 3.8) is 0 Å². The van der Waals surface area contributed by atoms with Gasteiger partial charge in [0.05, 0.1) is 4.90 Å². The van der Waals surface area contributed by atoms with E-state index in [2.05, 4.69) is 20.6 Å². The summed E-state index contributed by atoms with van der Waals surface area (Å²) in [4.78, 5) is 12.8. The van der Waals surface area contributed by atoms with E-state index < -0.39 is 15.9 Å². The van der Waals surface area contributed by atoms with Gasteiger partial charge in [-0.05, 0) is 57.0 Å². The van der Waals surface area contributed by atoms with Crippen molar-refractivity contribution in [1.29, 1.82) is 0 Å². The second-order valence-electron chi connectivity index (χ2n) is 8.65. The Labute approximate surface area is 199 Å². The van der Waals surface area contributed by atoms with Crippen LogP contribution < -0.4 is 5.32 Å². The van der Waals surface area contributed by atoms with E-state index in [1.165, 1.54) is 24.3 Å². The lowest BCUT2D eigenvalue weighted by atomic mass is 9.95. The van der Waals surface area contributed by atoms with E-state index >= 15 is 0 Å². The van der Waals surface area contributed by atoms with E-state index in [9.17, 15) is 13.2 Å². The van der Waals surface area contributed by atoms with E-state index in [4.69, 9.17) is 4.42 Å². The molecule has 0 aliphatic heterocycles. The number of hydrogen-bond acceptors (Lipinski definition) is 7. The van der Waals surface area contributed by atoms with Gasteiger partial charge in [0.15, 0.2) is 0 Å².